The van der Waals surface area contributed by atoms with E-state index in [1.54, 1.807) is 0 Å². The molecule has 1 saturated heterocycles. The minimum Gasteiger partial charge on any atom is -0.481 e. The van der Waals surface area contributed by atoms with Crippen LogP contribution in [0.1, 0.15) is 6.42 Å². The molecule has 1 amide bonds. The number of hydrogen-bond donors (Lipinski definition) is 1. The minimum absolute atomic E-state index is 0.101. The van der Waals surface area contributed by atoms with Crippen LogP contribution in [0.4, 0.5) is 5.69 Å². The molecule has 1 heterocycles. The zero-order valence-electron chi connectivity index (χ0n) is 8.09. The molecule has 1 aromatic rings. The maximum absolute atomic E-state index is 11.6. The number of para-hydroxylation sites is 1. The van der Waals surface area contributed by atoms with Gasteiger partial charge in [0.1, 0.15) is 0 Å². The summed E-state index contributed by atoms with van der Waals surface area (Å²) >= 11 is 0. The summed E-state index contributed by atoms with van der Waals surface area (Å²) in [4.78, 5) is 23.8. The molecular formula is C11H11NO3. The summed E-state index contributed by atoms with van der Waals surface area (Å²) in [5, 5.41) is 8.82. The van der Waals surface area contributed by atoms with Crippen molar-refractivity contribution in [2.24, 2.45) is 5.92 Å². The third-order valence-corrected chi connectivity index (χ3v) is 2.54. The minimum atomic E-state index is -0.901. The van der Waals surface area contributed by atoms with E-state index in [2.05, 4.69) is 0 Å². The maximum Gasteiger partial charge on any atom is 0.308 e. The van der Waals surface area contributed by atoms with Gasteiger partial charge in [0.2, 0.25) is 5.91 Å². The topological polar surface area (TPSA) is 57.6 Å². The Hall–Kier alpha value is -1.84. The molecule has 78 valence electrons. The van der Waals surface area contributed by atoms with Gasteiger partial charge in [0, 0.05) is 18.7 Å². The van der Waals surface area contributed by atoms with Gasteiger partial charge in [0.15, 0.2) is 0 Å². The fraction of sp³-hybridized carbons (Fsp3) is 0.273. The molecule has 1 aromatic carbocycles. The van der Waals surface area contributed by atoms with Crippen molar-refractivity contribution in [2.75, 3.05) is 11.4 Å². The van der Waals surface area contributed by atoms with Crippen molar-refractivity contribution >= 4 is 17.6 Å². The van der Waals surface area contributed by atoms with Gasteiger partial charge in [-0.25, -0.2) is 0 Å². The first-order valence-corrected chi connectivity index (χ1v) is 4.76. The van der Waals surface area contributed by atoms with Crippen LogP contribution < -0.4 is 4.90 Å². The number of aliphatic carboxylic acids is 1. The maximum atomic E-state index is 11.6. The monoisotopic (exact) mass is 205 g/mol. The molecule has 1 fully saturated rings. The van der Waals surface area contributed by atoms with Crippen molar-refractivity contribution < 1.29 is 14.7 Å². The average molecular weight is 205 g/mol. The molecule has 0 aliphatic carbocycles. The van der Waals surface area contributed by atoms with Crippen LogP contribution >= 0.6 is 0 Å². The lowest BCUT2D eigenvalue weighted by molar-refractivity contribution is -0.141. The van der Waals surface area contributed by atoms with Gasteiger partial charge in [-0.3, -0.25) is 9.59 Å². The van der Waals surface area contributed by atoms with Gasteiger partial charge in [-0.1, -0.05) is 18.2 Å². The summed E-state index contributed by atoms with van der Waals surface area (Å²) < 4.78 is 0. The van der Waals surface area contributed by atoms with Gasteiger partial charge in [-0.05, 0) is 12.1 Å². The highest BCUT2D eigenvalue weighted by molar-refractivity contribution is 5.99. The summed E-state index contributed by atoms with van der Waals surface area (Å²) in [5.41, 5.74) is 0.770. The number of benzene rings is 1. The smallest absolute Gasteiger partial charge is 0.308 e. The summed E-state index contributed by atoms with van der Waals surface area (Å²) in [6.45, 7) is 0.276. The zero-order valence-corrected chi connectivity index (χ0v) is 8.09. The van der Waals surface area contributed by atoms with Crippen LogP contribution in [-0.4, -0.2) is 23.5 Å². The molecule has 2 rings (SSSR count). The van der Waals surface area contributed by atoms with Crippen molar-refractivity contribution in [1.82, 2.24) is 0 Å². The Morgan fingerprint density at radius 3 is 2.53 bits per heavy atom. The van der Waals surface area contributed by atoms with Crippen molar-refractivity contribution in [1.29, 1.82) is 0 Å². The quantitative estimate of drug-likeness (QED) is 0.787. The van der Waals surface area contributed by atoms with Crippen molar-refractivity contribution in [3.63, 3.8) is 0 Å². The second-order valence-corrected chi connectivity index (χ2v) is 3.58. The van der Waals surface area contributed by atoms with E-state index in [0.29, 0.717) is 0 Å². The molecule has 1 aliphatic rings. The molecule has 0 aromatic heterocycles. The van der Waals surface area contributed by atoms with Crippen LogP contribution in [0.5, 0.6) is 0 Å². The first-order chi connectivity index (χ1) is 7.18. The predicted molar refractivity (Wildman–Crippen MR) is 54.5 cm³/mol. The lowest BCUT2D eigenvalue weighted by Crippen LogP contribution is -2.25. The molecule has 0 radical (unpaired) electrons. The van der Waals surface area contributed by atoms with Crippen LogP contribution in [0.25, 0.3) is 0 Å². The third kappa shape index (κ3) is 1.83. The molecular weight excluding hydrogens is 194 g/mol. The average Bonchev–Trinajstić information content (AvgIpc) is 2.62. The Kier molecular flexibility index (Phi) is 2.41. The lowest BCUT2D eigenvalue weighted by Gasteiger charge is -2.15. The molecule has 0 spiro atoms. The molecule has 1 N–H and O–H groups in total. The Morgan fingerprint density at radius 2 is 2.00 bits per heavy atom. The van der Waals surface area contributed by atoms with Crippen molar-refractivity contribution in [3.8, 4) is 0 Å². The summed E-state index contributed by atoms with van der Waals surface area (Å²) in [6, 6.07) is 9.14. The molecule has 4 heteroatoms. The van der Waals surface area contributed by atoms with Gasteiger partial charge < -0.3 is 10.0 Å². The number of carbonyl (C=O) groups excluding carboxylic acids is 1. The largest absolute Gasteiger partial charge is 0.481 e. The molecule has 15 heavy (non-hydrogen) atoms. The third-order valence-electron chi connectivity index (χ3n) is 2.54. The lowest BCUT2D eigenvalue weighted by atomic mass is 10.1. The predicted octanol–water partition coefficient (Wildman–Crippen LogP) is 1.12. The van der Waals surface area contributed by atoms with Gasteiger partial charge in [-0.15, -0.1) is 0 Å². The molecule has 1 aliphatic heterocycles. The van der Waals surface area contributed by atoms with E-state index in [-0.39, 0.29) is 18.9 Å². The fourth-order valence-electron chi connectivity index (χ4n) is 1.73. The highest BCUT2D eigenvalue weighted by atomic mass is 16.4. The van der Waals surface area contributed by atoms with Crippen LogP contribution in [0.3, 0.4) is 0 Å². The Morgan fingerprint density at radius 1 is 1.33 bits per heavy atom. The highest BCUT2D eigenvalue weighted by Gasteiger charge is 2.34. The van der Waals surface area contributed by atoms with Crippen molar-refractivity contribution in [2.45, 2.75) is 6.42 Å². The molecule has 0 bridgehead atoms. The summed E-state index contributed by atoms with van der Waals surface area (Å²) in [6.07, 6.45) is 0.101. The van der Waals surface area contributed by atoms with E-state index in [1.807, 2.05) is 30.3 Å². The van der Waals surface area contributed by atoms with E-state index >= 15 is 0 Å². The van der Waals surface area contributed by atoms with Gasteiger partial charge in [-0.2, -0.15) is 0 Å². The van der Waals surface area contributed by atoms with E-state index in [1.165, 1.54) is 4.90 Å². The number of nitrogens with zero attached hydrogens (tertiary/aromatic N) is 1. The van der Waals surface area contributed by atoms with Crippen molar-refractivity contribution in [3.05, 3.63) is 30.3 Å². The zero-order chi connectivity index (χ0) is 10.8. The number of anilines is 1. The number of amides is 1. The normalized spacial score (nSPS) is 20.7. The fourth-order valence-corrected chi connectivity index (χ4v) is 1.73. The number of carboxylic acids is 1. The second kappa shape index (κ2) is 3.73. The van der Waals surface area contributed by atoms with Crippen LogP contribution in [0.2, 0.25) is 0 Å². The second-order valence-electron chi connectivity index (χ2n) is 3.58. The Bertz CT molecular complexity index is 388. The SMILES string of the molecule is O=C(O)C1CC(=O)N(c2ccccc2)C1. The molecule has 0 saturated carbocycles. The van der Waals surface area contributed by atoms with E-state index in [0.717, 1.165) is 5.69 Å². The standard InChI is InChI=1S/C11H11NO3/c13-10-6-8(11(14)15)7-12(10)9-4-2-1-3-5-9/h1-5,8H,6-7H2,(H,14,15). The van der Waals surface area contributed by atoms with Gasteiger partial charge in [0.05, 0.1) is 5.92 Å². The first-order valence-electron chi connectivity index (χ1n) is 4.76. The van der Waals surface area contributed by atoms with E-state index < -0.39 is 11.9 Å². The summed E-state index contributed by atoms with van der Waals surface area (Å²) in [5.74, 6) is -1.59. The molecule has 1 unspecified atom stereocenters. The van der Waals surface area contributed by atoms with Crippen LogP contribution in [0.15, 0.2) is 30.3 Å². The number of hydrogen-bond acceptors (Lipinski definition) is 2. The first kappa shape index (κ1) is 9.71. The Balaban J connectivity index is 2.19. The molecule has 1 atom stereocenters. The molecule has 4 nitrogen and oxygen atoms in total. The van der Waals surface area contributed by atoms with Crippen LogP contribution in [-0.2, 0) is 9.59 Å². The number of carboxylic acid groups (broad SMARTS) is 1. The Labute approximate surface area is 87.1 Å². The summed E-state index contributed by atoms with van der Waals surface area (Å²) in [7, 11) is 0. The van der Waals surface area contributed by atoms with Crippen LogP contribution in [0, 0.1) is 5.92 Å². The van der Waals surface area contributed by atoms with E-state index in [4.69, 9.17) is 5.11 Å². The number of carbonyl (C=O) groups is 2. The van der Waals surface area contributed by atoms with Gasteiger partial charge in [0.25, 0.3) is 0 Å². The van der Waals surface area contributed by atoms with E-state index in [9.17, 15) is 9.59 Å². The number of rotatable bonds is 2. The van der Waals surface area contributed by atoms with Gasteiger partial charge >= 0.3 is 5.97 Å². The highest BCUT2D eigenvalue weighted by Crippen LogP contribution is 2.24.